The molecule has 10 nitrogen and oxygen atoms in total. The number of fused-ring (bicyclic) bond motifs is 1. The number of hydrogen-bond acceptors (Lipinski definition) is 8. The van der Waals surface area contributed by atoms with Gasteiger partial charge in [-0.15, -0.1) is 0 Å². The van der Waals surface area contributed by atoms with Crippen LogP contribution >= 0.6 is 0 Å². The highest BCUT2D eigenvalue weighted by molar-refractivity contribution is 5.94. The number of ether oxygens (including phenoxy) is 1. The predicted octanol–water partition coefficient (Wildman–Crippen LogP) is 1.20. The zero-order chi connectivity index (χ0) is 22.5. The van der Waals surface area contributed by atoms with Crippen LogP contribution in [-0.2, 0) is 21.7 Å². The fraction of sp³-hybridized carbons (Fsp3) is 0.364. The molecule has 166 valence electrons. The van der Waals surface area contributed by atoms with Crippen molar-refractivity contribution >= 4 is 34.1 Å². The highest BCUT2D eigenvalue weighted by Gasteiger charge is 2.39. The highest BCUT2D eigenvalue weighted by atomic mass is 16.5. The lowest BCUT2D eigenvalue weighted by Gasteiger charge is -2.36. The fourth-order valence-electron chi connectivity index (χ4n) is 3.73. The van der Waals surface area contributed by atoms with Crippen molar-refractivity contribution in [1.29, 1.82) is 0 Å². The summed E-state index contributed by atoms with van der Waals surface area (Å²) in [4.78, 5) is 33.4. The lowest BCUT2D eigenvalue weighted by atomic mass is 9.93. The molecule has 0 atom stereocenters. The number of aliphatic hydroxyl groups is 1. The first-order valence-electron chi connectivity index (χ1n) is 10.4. The molecule has 10 heteroatoms. The summed E-state index contributed by atoms with van der Waals surface area (Å²) >= 11 is 0. The van der Waals surface area contributed by atoms with Crippen LogP contribution in [0.3, 0.4) is 0 Å². The number of nitrogens with zero attached hydrogens (tertiary/aromatic N) is 3. The average Bonchev–Trinajstić information content (AvgIpc) is 3.44. The van der Waals surface area contributed by atoms with Crippen LogP contribution in [0.1, 0.15) is 25.3 Å². The second-order valence-corrected chi connectivity index (χ2v) is 8.80. The van der Waals surface area contributed by atoms with Gasteiger partial charge in [0.1, 0.15) is 29.6 Å². The molecular weight excluding hydrogens is 412 g/mol. The fourth-order valence-corrected chi connectivity index (χ4v) is 3.73. The van der Waals surface area contributed by atoms with E-state index in [4.69, 9.17) is 10.5 Å². The molecule has 1 aliphatic carbocycles. The molecule has 3 aromatic rings. The summed E-state index contributed by atoms with van der Waals surface area (Å²) in [6.45, 7) is 2.36. The Morgan fingerprint density at radius 3 is 2.72 bits per heavy atom. The first-order chi connectivity index (χ1) is 15.2. The standard InChI is InChI=1S/C22H24N6O4/c1-21(4-5-21)27-19-18-13(3-7-28(20(18)30)10-15(23)29)8-17(26-19)25-16-9-14(2-6-24-16)22(31)11-32-12-22/h2-3,6-9,31H,4-5,10-12H2,1H3,(H2,23,29)(H2,24,25,26,27). The van der Waals surface area contributed by atoms with Crippen LogP contribution in [0.2, 0.25) is 0 Å². The lowest BCUT2D eigenvalue weighted by molar-refractivity contribution is -0.184. The molecule has 0 radical (unpaired) electrons. The van der Waals surface area contributed by atoms with Gasteiger partial charge in [0.05, 0.1) is 18.6 Å². The van der Waals surface area contributed by atoms with E-state index in [0.717, 1.165) is 12.8 Å². The molecule has 0 spiro atoms. The first-order valence-corrected chi connectivity index (χ1v) is 10.4. The van der Waals surface area contributed by atoms with E-state index < -0.39 is 11.5 Å². The largest absolute Gasteiger partial charge is 0.380 e. The van der Waals surface area contributed by atoms with Gasteiger partial charge in [-0.25, -0.2) is 9.97 Å². The number of amides is 1. The van der Waals surface area contributed by atoms with Crippen molar-refractivity contribution in [1.82, 2.24) is 14.5 Å². The van der Waals surface area contributed by atoms with E-state index in [1.54, 1.807) is 36.7 Å². The number of anilines is 3. The van der Waals surface area contributed by atoms with Gasteiger partial charge in [-0.1, -0.05) is 0 Å². The van der Waals surface area contributed by atoms with Crippen LogP contribution in [0.15, 0.2) is 41.5 Å². The lowest BCUT2D eigenvalue weighted by Crippen LogP contribution is -2.46. The van der Waals surface area contributed by atoms with Crippen LogP contribution in [0.4, 0.5) is 17.5 Å². The Bertz CT molecular complexity index is 1280. The number of rotatable bonds is 7. The molecule has 0 bridgehead atoms. The van der Waals surface area contributed by atoms with Crippen LogP contribution in [0.5, 0.6) is 0 Å². The maximum Gasteiger partial charge on any atom is 0.262 e. The molecule has 0 unspecified atom stereocenters. The van der Waals surface area contributed by atoms with E-state index in [1.165, 1.54) is 4.57 Å². The van der Waals surface area contributed by atoms with Gasteiger partial charge < -0.3 is 30.8 Å². The van der Waals surface area contributed by atoms with Crippen molar-refractivity contribution in [2.45, 2.75) is 37.5 Å². The summed E-state index contributed by atoms with van der Waals surface area (Å²) in [5.74, 6) is 0.861. The number of hydrogen-bond donors (Lipinski definition) is 4. The van der Waals surface area contributed by atoms with Gasteiger partial charge in [0.2, 0.25) is 5.91 Å². The normalized spacial score (nSPS) is 18.1. The third kappa shape index (κ3) is 3.78. The Morgan fingerprint density at radius 1 is 1.28 bits per heavy atom. The molecule has 1 saturated carbocycles. The molecule has 3 aromatic heterocycles. The third-order valence-corrected chi connectivity index (χ3v) is 5.94. The summed E-state index contributed by atoms with van der Waals surface area (Å²) in [7, 11) is 0. The van der Waals surface area contributed by atoms with Crippen molar-refractivity contribution in [3.63, 3.8) is 0 Å². The van der Waals surface area contributed by atoms with E-state index in [0.29, 0.717) is 33.8 Å². The van der Waals surface area contributed by atoms with Gasteiger partial charge in [0.15, 0.2) is 0 Å². The van der Waals surface area contributed by atoms with E-state index in [1.807, 2.05) is 0 Å². The molecule has 5 N–H and O–H groups in total. The van der Waals surface area contributed by atoms with Gasteiger partial charge in [0.25, 0.3) is 5.56 Å². The number of nitrogens with two attached hydrogens (primary N) is 1. The summed E-state index contributed by atoms with van der Waals surface area (Å²) in [5.41, 5.74) is 4.53. The number of carbonyl (C=O) groups is 1. The number of primary amides is 1. The number of nitrogens with one attached hydrogen (secondary N) is 2. The summed E-state index contributed by atoms with van der Waals surface area (Å²) in [6.07, 6.45) is 5.11. The predicted molar refractivity (Wildman–Crippen MR) is 119 cm³/mol. The minimum atomic E-state index is -1.00. The summed E-state index contributed by atoms with van der Waals surface area (Å²) in [6, 6.07) is 7.02. The maximum atomic E-state index is 13.1. The number of aromatic nitrogens is 3. The Balaban J connectivity index is 1.55. The summed E-state index contributed by atoms with van der Waals surface area (Å²) < 4.78 is 6.42. The highest BCUT2D eigenvalue weighted by Crippen LogP contribution is 2.39. The Labute approximate surface area is 183 Å². The van der Waals surface area contributed by atoms with E-state index in [-0.39, 0.29) is 30.9 Å². The topological polar surface area (TPSA) is 144 Å². The minimum absolute atomic E-state index is 0.124. The molecule has 0 aromatic carbocycles. The molecule has 2 aliphatic rings. The first kappa shape index (κ1) is 20.4. The number of pyridine rings is 3. The van der Waals surface area contributed by atoms with Crippen molar-refractivity contribution in [2.24, 2.45) is 5.73 Å². The van der Waals surface area contributed by atoms with Crippen molar-refractivity contribution in [3.8, 4) is 0 Å². The van der Waals surface area contributed by atoms with Gasteiger partial charge >= 0.3 is 0 Å². The molecule has 32 heavy (non-hydrogen) atoms. The smallest absolute Gasteiger partial charge is 0.262 e. The Hall–Kier alpha value is -3.50. The van der Waals surface area contributed by atoms with E-state index >= 15 is 0 Å². The zero-order valence-corrected chi connectivity index (χ0v) is 17.6. The second-order valence-electron chi connectivity index (χ2n) is 8.80. The zero-order valence-electron chi connectivity index (χ0n) is 17.6. The van der Waals surface area contributed by atoms with Crippen molar-refractivity contribution in [3.05, 3.63) is 52.6 Å². The molecule has 1 saturated heterocycles. The summed E-state index contributed by atoms with van der Waals surface area (Å²) in [5, 5.41) is 18.2. The van der Waals surface area contributed by atoms with E-state index in [2.05, 4.69) is 27.5 Å². The van der Waals surface area contributed by atoms with Gasteiger partial charge in [-0.3, -0.25) is 9.59 Å². The van der Waals surface area contributed by atoms with Gasteiger partial charge in [0, 0.05) is 17.9 Å². The van der Waals surface area contributed by atoms with Crippen molar-refractivity contribution < 1.29 is 14.6 Å². The SMILES string of the molecule is CC1(Nc2nc(Nc3cc(C4(O)COC4)ccn3)cc3ccn(CC(N)=O)c(=O)c23)CC1. The quantitative estimate of drug-likeness (QED) is 0.432. The Morgan fingerprint density at radius 2 is 2.06 bits per heavy atom. The second kappa shape index (κ2) is 7.28. The Kier molecular flexibility index (Phi) is 4.64. The molecule has 4 heterocycles. The van der Waals surface area contributed by atoms with E-state index in [9.17, 15) is 14.7 Å². The molecule has 5 rings (SSSR count). The van der Waals surface area contributed by atoms with Crippen LogP contribution in [0.25, 0.3) is 10.8 Å². The van der Waals surface area contributed by atoms with Gasteiger partial charge in [-0.05, 0) is 55.0 Å². The van der Waals surface area contributed by atoms with Crippen LogP contribution < -0.4 is 21.9 Å². The third-order valence-electron chi connectivity index (χ3n) is 5.94. The number of carbonyl (C=O) groups excluding carboxylic acids is 1. The molecule has 1 aliphatic heterocycles. The monoisotopic (exact) mass is 436 g/mol. The molecule has 1 amide bonds. The van der Waals surface area contributed by atoms with Crippen LogP contribution in [0, 0.1) is 0 Å². The minimum Gasteiger partial charge on any atom is -0.380 e. The molecular formula is C22H24N6O4. The average molecular weight is 436 g/mol. The van der Waals surface area contributed by atoms with Crippen LogP contribution in [-0.4, -0.2) is 44.3 Å². The molecule has 2 fully saturated rings. The van der Waals surface area contributed by atoms with Gasteiger partial charge in [-0.2, -0.15) is 0 Å². The van der Waals surface area contributed by atoms with Crippen molar-refractivity contribution in [2.75, 3.05) is 23.8 Å². The maximum absolute atomic E-state index is 13.1.